The Morgan fingerprint density at radius 2 is 2.31 bits per heavy atom. The van der Waals surface area contributed by atoms with Crippen LogP contribution in [-0.2, 0) is 0 Å². The number of hydrogen-bond donors (Lipinski definition) is 1. The molecule has 0 amide bonds. The van der Waals surface area contributed by atoms with Gasteiger partial charge in [0.05, 0.1) is 5.39 Å². The van der Waals surface area contributed by atoms with E-state index in [1.54, 1.807) is 11.3 Å². The van der Waals surface area contributed by atoms with Crippen LogP contribution in [0.25, 0.3) is 10.2 Å². The summed E-state index contributed by atoms with van der Waals surface area (Å²) in [6.45, 7) is 3.01. The monoisotopic (exact) mass is 233 g/mol. The third-order valence-corrected chi connectivity index (χ3v) is 3.96. The molecule has 0 spiro atoms. The molecule has 4 heteroatoms. The standard InChI is InChI=1S/C12H15N3S/c1-2-13-11-9-6-7-16-12(9)15-10(14-11)8-4-3-5-8/h6-8H,2-5H2,1H3,(H,13,14,15). The van der Waals surface area contributed by atoms with Gasteiger partial charge >= 0.3 is 0 Å². The van der Waals surface area contributed by atoms with E-state index in [0.29, 0.717) is 5.92 Å². The van der Waals surface area contributed by atoms with Crippen molar-refractivity contribution in [2.24, 2.45) is 0 Å². The van der Waals surface area contributed by atoms with Gasteiger partial charge in [-0.3, -0.25) is 0 Å². The van der Waals surface area contributed by atoms with Gasteiger partial charge in [-0.2, -0.15) is 0 Å². The summed E-state index contributed by atoms with van der Waals surface area (Å²) in [6.07, 6.45) is 3.83. The van der Waals surface area contributed by atoms with Gasteiger partial charge in [-0.05, 0) is 31.2 Å². The summed E-state index contributed by atoms with van der Waals surface area (Å²) in [4.78, 5) is 10.5. The molecule has 1 N–H and O–H groups in total. The largest absolute Gasteiger partial charge is 0.370 e. The van der Waals surface area contributed by atoms with E-state index >= 15 is 0 Å². The van der Waals surface area contributed by atoms with Gasteiger partial charge in [0, 0.05) is 12.5 Å². The van der Waals surface area contributed by atoms with Crippen LogP contribution in [0.3, 0.4) is 0 Å². The highest BCUT2D eigenvalue weighted by Gasteiger charge is 2.23. The summed E-state index contributed by atoms with van der Waals surface area (Å²) in [5, 5.41) is 6.59. The Labute approximate surface area is 98.9 Å². The van der Waals surface area contributed by atoms with Crippen molar-refractivity contribution in [3.05, 3.63) is 17.3 Å². The maximum atomic E-state index is 4.67. The first kappa shape index (κ1) is 10.0. The molecule has 1 fully saturated rings. The fraction of sp³-hybridized carbons (Fsp3) is 0.500. The third-order valence-electron chi connectivity index (χ3n) is 3.16. The summed E-state index contributed by atoms with van der Waals surface area (Å²) < 4.78 is 0. The smallest absolute Gasteiger partial charge is 0.138 e. The lowest BCUT2D eigenvalue weighted by molar-refractivity contribution is 0.403. The van der Waals surface area contributed by atoms with Crippen molar-refractivity contribution in [1.82, 2.24) is 9.97 Å². The van der Waals surface area contributed by atoms with Crippen molar-refractivity contribution >= 4 is 27.4 Å². The Kier molecular flexibility index (Phi) is 2.52. The second-order valence-electron chi connectivity index (χ2n) is 4.23. The van der Waals surface area contributed by atoms with Crippen molar-refractivity contribution in [3.8, 4) is 0 Å². The normalized spacial score (nSPS) is 16.3. The van der Waals surface area contributed by atoms with Crippen molar-refractivity contribution in [1.29, 1.82) is 0 Å². The van der Waals surface area contributed by atoms with E-state index in [1.165, 1.54) is 19.3 Å². The fourth-order valence-corrected chi connectivity index (χ4v) is 2.79. The first-order valence-corrected chi connectivity index (χ1v) is 6.75. The average Bonchev–Trinajstić information content (AvgIpc) is 2.63. The minimum atomic E-state index is 0.601. The van der Waals surface area contributed by atoms with Crippen LogP contribution >= 0.6 is 11.3 Å². The average molecular weight is 233 g/mol. The molecule has 2 heterocycles. The van der Waals surface area contributed by atoms with Crippen LogP contribution in [0.2, 0.25) is 0 Å². The molecule has 0 aromatic carbocycles. The maximum Gasteiger partial charge on any atom is 0.138 e. The minimum absolute atomic E-state index is 0.601. The van der Waals surface area contributed by atoms with E-state index in [9.17, 15) is 0 Å². The molecule has 1 aliphatic carbocycles. The molecule has 3 rings (SSSR count). The van der Waals surface area contributed by atoms with E-state index in [2.05, 4.69) is 33.7 Å². The van der Waals surface area contributed by atoms with Crippen molar-refractivity contribution < 1.29 is 0 Å². The first-order valence-electron chi connectivity index (χ1n) is 5.87. The molecule has 0 atom stereocenters. The number of nitrogens with zero attached hydrogens (tertiary/aromatic N) is 2. The van der Waals surface area contributed by atoms with Gasteiger partial charge in [0.2, 0.25) is 0 Å². The van der Waals surface area contributed by atoms with Gasteiger partial charge in [-0.25, -0.2) is 9.97 Å². The molecule has 3 nitrogen and oxygen atoms in total. The van der Waals surface area contributed by atoms with E-state index in [4.69, 9.17) is 0 Å². The molecule has 0 saturated heterocycles. The second kappa shape index (κ2) is 4.01. The van der Waals surface area contributed by atoms with Crippen molar-refractivity contribution in [3.63, 3.8) is 0 Å². The number of nitrogens with one attached hydrogen (secondary N) is 1. The van der Waals surface area contributed by atoms with Crippen LogP contribution in [0.15, 0.2) is 11.4 Å². The molecule has 0 aliphatic heterocycles. The lowest BCUT2D eigenvalue weighted by Crippen LogP contribution is -2.14. The number of fused-ring (bicyclic) bond motifs is 1. The Balaban J connectivity index is 2.08. The van der Waals surface area contributed by atoms with Gasteiger partial charge in [-0.15, -0.1) is 11.3 Å². The fourth-order valence-electron chi connectivity index (χ4n) is 2.02. The van der Waals surface area contributed by atoms with Gasteiger partial charge < -0.3 is 5.32 Å². The zero-order valence-corrected chi connectivity index (χ0v) is 10.2. The zero-order valence-electron chi connectivity index (χ0n) is 9.36. The molecular weight excluding hydrogens is 218 g/mol. The molecule has 1 aliphatic rings. The number of hydrogen-bond acceptors (Lipinski definition) is 4. The van der Waals surface area contributed by atoms with Gasteiger partial charge in [0.15, 0.2) is 0 Å². The van der Waals surface area contributed by atoms with E-state index < -0.39 is 0 Å². The third kappa shape index (κ3) is 1.57. The second-order valence-corrected chi connectivity index (χ2v) is 5.12. The minimum Gasteiger partial charge on any atom is -0.370 e. The summed E-state index contributed by atoms with van der Waals surface area (Å²) in [5.41, 5.74) is 0. The summed E-state index contributed by atoms with van der Waals surface area (Å²) in [6, 6.07) is 2.10. The highest BCUT2D eigenvalue weighted by molar-refractivity contribution is 7.16. The van der Waals surface area contributed by atoms with Crippen LogP contribution in [0, 0.1) is 0 Å². The molecule has 1 saturated carbocycles. The topological polar surface area (TPSA) is 37.8 Å². The predicted molar refractivity (Wildman–Crippen MR) is 68.2 cm³/mol. The Morgan fingerprint density at radius 1 is 1.44 bits per heavy atom. The lowest BCUT2D eigenvalue weighted by Gasteiger charge is -2.24. The van der Waals surface area contributed by atoms with E-state index in [-0.39, 0.29) is 0 Å². The van der Waals surface area contributed by atoms with Crippen LogP contribution < -0.4 is 5.32 Å². The molecule has 84 valence electrons. The number of anilines is 1. The highest BCUT2D eigenvalue weighted by Crippen LogP contribution is 2.36. The Morgan fingerprint density at radius 3 is 3.00 bits per heavy atom. The van der Waals surface area contributed by atoms with Crippen molar-refractivity contribution in [2.75, 3.05) is 11.9 Å². The SMILES string of the molecule is CCNc1nc(C2CCC2)nc2sccc12. The highest BCUT2D eigenvalue weighted by atomic mass is 32.1. The molecule has 0 bridgehead atoms. The van der Waals surface area contributed by atoms with Gasteiger partial charge in [0.1, 0.15) is 16.5 Å². The molecule has 16 heavy (non-hydrogen) atoms. The van der Waals surface area contributed by atoms with Crippen LogP contribution in [0.4, 0.5) is 5.82 Å². The van der Waals surface area contributed by atoms with Gasteiger partial charge in [-0.1, -0.05) is 6.42 Å². The number of aromatic nitrogens is 2. The molecule has 2 aromatic rings. The molecular formula is C12H15N3S. The summed E-state index contributed by atoms with van der Waals surface area (Å²) in [7, 11) is 0. The maximum absolute atomic E-state index is 4.67. The van der Waals surface area contributed by atoms with Crippen molar-refractivity contribution in [2.45, 2.75) is 32.1 Å². The number of thiophene rings is 1. The van der Waals surface area contributed by atoms with Crippen LogP contribution in [-0.4, -0.2) is 16.5 Å². The first-order chi connectivity index (χ1) is 7.88. The molecule has 0 radical (unpaired) electrons. The van der Waals surface area contributed by atoms with Crippen LogP contribution in [0.5, 0.6) is 0 Å². The number of rotatable bonds is 3. The summed E-state index contributed by atoms with van der Waals surface area (Å²) in [5.74, 6) is 2.65. The lowest BCUT2D eigenvalue weighted by atomic mass is 9.85. The quantitative estimate of drug-likeness (QED) is 0.883. The zero-order chi connectivity index (χ0) is 11.0. The Hall–Kier alpha value is -1.16. The molecule has 2 aromatic heterocycles. The van der Waals surface area contributed by atoms with E-state index in [1.807, 2.05) is 0 Å². The Bertz CT molecular complexity index is 502. The predicted octanol–water partition coefficient (Wildman–Crippen LogP) is 3.39. The van der Waals surface area contributed by atoms with E-state index in [0.717, 1.165) is 28.4 Å². The summed E-state index contributed by atoms with van der Waals surface area (Å²) >= 11 is 1.70. The molecule has 0 unspecified atom stereocenters. The van der Waals surface area contributed by atoms with Gasteiger partial charge in [0.25, 0.3) is 0 Å². The van der Waals surface area contributed by atoms with Crippen LogP contribution in [0.1, 0.15) is 37.9 Å².